The quantitative estimate of drug-likeness (QED) is 0.433. The van der Waals surface area contributed by atoms with E-state index in [1.54, 1.807) is 0 Å². The molecule has 0 spiro atoms. The van der Waals surface area contributed by atoms with Crippen LogP contribution in [0.25, 0.3) is 0 Å². The molecular weight excluding hydrogens is 270 g/mol. The highest BCUT2D eigenvalue weighted by atomic mass is 16.6. The maximum absolute atomic E-state index is 11.4. The Labute approximate surface area is 110 Å². The Kier molecular flexibility index (Phi) is 3.37. The van der Waals surface area contributed by atoms with Crippen LogP contribution in [0.15, 0.2) is 33.9 Å². The van der Waals surface area contributed by atoms with Gasteiger partial charge in [0.15, 0.2) is 0 Å². The third kappa shape index (κ3) is 2.58. The lowest BCUT2D eigenvalue weighted by Crippen LogP contribution is -2.28. The molecule has 0 saturated carbocycles. The van der Waals surface area contributed by atoms with Gasteiger partial charge < -0.3 is 10.1 Å². The number of nitro benzene ring substituents is 1. The second-order valence-corrected chi connectivity index (χ2v) is 3.64. The SMILES string of the molecule is O=c1[nH]c([O-])c(NNc2ccccc2[N+](=O)[O-])c(=O)[nH]1. The zero-order valence-electron chi connectivity index (χ0n) is 9.80. The van der Waals surface area contributed by atoms with Crippen LogP contribution in [0, 0.1) is 10.1 Å². The number of nitrogens with one attached hydrogen (secondary N) is 4. The van der Waals surface area contributed by atoms with Crippen LogP contribution in [0.5, 0.6) is 5.88 Å². The number of hydrogen-bond donors (Lipinski definition) is 4. The van der Waals surface area contributed by atoms with Crippen molar-refractivity contribution in [2.75, 3.05) is 10.9 Å². The van der Waals surface area contributed by atoms with Crippen molar-refractivity contribution in [1.82, 2.24) is 9.97 Å². The number of nitrogens with zero attached hydrogens (tertiary/aromatic N) is 1. The summed E-state index contributed by atoms with van der Waals surface area (Å²) in [5, 5.41) is 22.2. The molecule has 2 rings (SSSR count). The molecule has 0 fully saturated rings. The molecule has 2 aromatic rings. The number of hydrogen-bond acceptors (Lipinski definition) is 7. The molecule has 4 N–H and O–H groups in total. The molecular formula is C10H8N5O5-. The fourth-order valence-electron chi connectivity index (χ4n) is 1.45. The minimum absolute atomic E-state index is 0.0579. The summed E-state index contributed by atoms with van der Waals surface area (Å²) in [5.74, 6) is -0.940. The summed E-state index contributed by atoms with van der Waals surface area (Å²) >= 11 is 0. The molecule has 0 aliphatic rings. The van der Waals surface area contributed by atoms with E-state index >= 15 is 0 Å². The molecule has 10 nitrogen and oxygen atoms in total. The fourth-order valence-corrected chi connectivity index (χ4v) is 1.45. The third-order valence-corrected chi connectivity index (χ3v) is 2.33. The highest BCUT2D eigenvalue weighted by Crippen LogP contribution is 2.23. The van der Waals surface area contributed by atoms with Crippen LogP contribution < -0.4 is 27.2 Å². The lowest BCUT2D eigenvalue weighted by Gasteiger charge is -2.14. The Morgan fingerprint density at radius 2 is 1.80 bits per heavy atom. The van der Waals surface area contributed by atoms with E-state index in [1.807, 2.05) is 9.97 Å². The second kappa shape index (κ2) is 5.14. The summed E-state index contributed by atoms with van der Waals surface area (Å²) in [6.07, 6.45) is 0. The third-order valence-electron chi connectivity index (χ3n) is 2.33. The van der Waals surface area contributed by atoms with Crippen molar-refractivity contribution in [2.24, 2.45) is 0 Å². The number of aromatic nitrogens is 2. The molecule has 0 atom stereocenters. The molecule has 0 bridgehead atoms. The van der Waals surface area contributed by atoms with E-state index in [9.17, 15) is 24.8 Å². The monoisotopic (exact) mass is 278 g/mol. The van der Waals surface area contributed by atoms with Crippen molar-refractivity contribution in [3.05, 3.63) is 55.2 Å². The summed E-state index contributed by atoms with van der Waals surface area (Å²) < 4.78 is 0. The molecule has 0 unspecified atom stereocenters. The zero-order valence-corrected chi connectivity index (χ0v) is 9.80. The average Bonchev–Trinajstić information content (AvgIpc) is 2.37. The topological polar surface area (TPSA) is 156 Å². The molecule has 1 aromatic heterocycles. The number of hydrazine groups is 1. The highest BCUT2D eigenvalue weighted by Gasteiger charge is 2.12. The van der Waals surface area contributed by atoms with E-state index < -0.39 is 27.7 Å². The zero-order chi connectivity index (χ0) is 14.7. The molecule has 0 amide bonds. The van der Waals surface area contributed by atoms with E-state index in [0.29, 0.717) is 0 Å². The van der Waals surface area contributed by atoms with Gasteiger partial charge in [-0.25, -0.2) is 4.79 Å². The lowest BCUT2D eigenvalue weighted by molar-refractivity contribution is -0.383. The molecule has 1 heterocycles. The first-order valence-electron chi connectivity index (χ1n) is 5.28. The second-order valence-electron chi connectivity index (χ2n) is 3.64. The van der Waals surface area contributed by atoms with Gasteiger partial charge in [0, 0.05) is 6.07 Å². The lowest BCUT2D eigenvalue weighted by atomic mass is 10.3. The van der Waals surface area contributed by atoms with Crippen LogP contribution in [0.2, 0.25) is 0 Å². The molecule has 0 saturated heterocycles. The number of aromatic amines is 2. The Hall–Kier alpha value is -3.30. The van der Waals surface area contributed by atoms with Gasteiger partial charge in [0.05, 0.1) is 4.92 Å². The van der Waals surface area contributed by atoms with E-state index in [2.05, 4.69) is 10.9 Å². The van der Waals surface area contributed by atoms with E-state index in [-0.39, 0.29) is 11.4 Å². The molecule has 20 heavy (non-hydrogen) atoms. The molecule has 1 aromatic carbocycles. The number of anilines is 2. The summed E-state index contributed by atoms with van der Waals surface area (Å²) in [4.78, 5) is 36.1. The Balaban J connectivity index is 2.28. The summed E-state index contributed by atoms with van der Waals surface area (Å²) in [5.41, 5.74) is 2.08. The van der Waals surface area contributed by atoms with Crippen LogP contribution in [-0.4, -0.2) is 14.9 Å². The minimum Gasteiger partial charge on any atom is -0.858 e. The molecule has 0 aliphatic carbocycles. The summed E-state index contributed by atoms with van der Waals surface area (Å²) in [7, 11) is 0. The molecule has 0 aliphatic heterocycles. The van der Waals surface area contributed by atoms with Gasteiger partial charge in [0.2, 0.25) is 0 Å². The van der Waals surface area contributed by atoms with Gasteiger partial charge in [0.25, 0.3) is 11.2 Å². The molecule has 10 heteroatoms. The van der Waals surface area contributed by atoms with Gasteiger partial charge in [-0.2, -0.15) is 0 Å². The van der Waals surface area contributed by atoms with Gasteiger partial charge in [-0.3, -0.25) is 30.7 Å². The standard InChI is InChI=1S/C10H9N5O5/c16-8-7(9(17)12-10(18)11-8)14-13-5-3-1-2-4-6(5)15(19)20/h1-4,13-14H,(H3,11,12,16,17,18)/p-1. The van der Waals surface area contributed by atoms with Gasteiger partial charge in [0.1, 0.15) is 11.4 Å². The average molecular weight is 278 g/mol. The smallest absolute Gasteiger partial charge is 0.325 e. The largest absolute Gasteiger partial charge is 0.858 e. The molecule has 0 radical (unpaired) electrons. The van der Waals surface area contributed by atoms with E-state index in [4.69, 9.17) is 0 Å². The van der Waals surface area contributed by atoms with Crippen LogP contribution in [-0.2, 0) is 0 Å². The fraction of sp³-hybridized carbons (Fsp3) is 0. The first kappa shape index (κ1) is 13.1. The van der Waals surface area contributed by atoms with E-state index in [0.717, 1.165) is 0 Å². The van der Waals surface area contributed by atoms with Gasteiger partial charge in [-0.15, -0.1) is 0 Å². The first-order chi connectivity index (χ1) is 9.49. The van der Waals surface area contributed by atoms with Crippen LogP contribution >= 0.6 is 0 Å². The number of rotatable bonds is 4. The number of H-pyrrole nitrogens is 2. The van der Waals surface area contributed by atoms with Crippen molar-refractivity contribution >= 4 is 17.1 Å². The summed E-state index contributed by atoms with van der Waals surface area (Å²) in [6.45, 7) is 0. The maximum atomic E-state index is 11.4. The van der Waals surface area contributed by atoms with Gasteiger partial charge >= 0.3 is 5.69 Å². The molecule has 104 valence electrons. The van der Waals surface area contributed by atoms with Crippen LogP contribution in [0.4, 0.5) is 17.1 Å². The van der Waals surface area contributed by atoms with Crippen molar-refractivity contribution < 1.29 is 10.0 Å². The van der Waals surface area contributed by atoms with Crippen LogP contribution in [0.3, 0.4) is 0 Å². The normalized spacial score (nSPS) is 10.0. The number of benzene rings is 1. The Morgan fingerprint density at radius 1 is 1.10 bits per heavy atom. The summed E-state index contributed by atoms with van der Waals surface area (Å²) in [6, 6.07) is 5.63. The van der Waals surface area contributed by atoms with Crippen molar-refractivity contribution in [3.8, 4) is 5.88 Å². The predicted molar refractivity (Wildman–Crippen MR) is 67.5 cm³/mol. The predicted octanol–water partition coefficient (Wildman–Crippen LogP) is -0.516. The Bertz CT molecular complexity index is 765. The van der Waals surface area contributed by atoms with E-state index in [1.165, 1.54) is 24.3 Å². The van der Waals surface area contributed by atoms with Crippen molar-refractivity contribution in [3.63, 3.8) is 0 Å². The first-order valence-corrected chi connectivity index (χ1v) is 5.28. The van der Waals surface area contributed by atoms with Crippen LogP contribution in [0.1, 0.15) is 0 Å². The number of para-hydroxylation sites is 2. The Morgan fingerprint density at radius 3 is 2.45 bits per heavy atom. The highest BCUT2D eigenvalue weighted by molar-refractivity contribution is 5.64. The maximum Gasteiger partial charge on any atom is 0.325 e. The minimum atomic E-state index is -0.940. The van der Waals surface area contributed by atoms with Crippen molar-refractivity contribution in [2.45, 2.75) is 0 Å². The van der Waals surface area contributed by atoms with Crippen molar-refractivity contribution in [1.29, 1.82) is 0 Å². The van der Waals surface area contributed by atoms with Gasteiger partial charge in [-0.1, -0.05) is 12.1 Å². The van der Waals surface area contributed by atoms with Gasteiger partial charge in [-0.05, 0) is 11.9 Å². The number of nitro groups is 1.